The molecule has 0 saturated carbocycles. The van der Waals surface area contributed by atoms with E-state index >= 15 is 0 Å². The number of carbonyl (C=O) groups excluding carboxylic acids is 2. The number of carbonyl (C=O) groups is 2. The first-order chi connectivity index (χ1) is 24.7. The van der Waals surface area contributed by atoms with Crippen LogP contribution in [0.5, 0.6) is 5.75 Å². The van der Waals surface area contributed by atoms with Crippen LogP contribution in [-0.4, -0.2) is 129 Å². The maximum atomic E-state index is 12.9. The van der Waals surface area contributed by atoms with Crippen molar-refractivity contribution in [3.05, 3.63) is 40.7 Å². The topological polar surface area (TPSA) is 356 Å². The Balaban J connectivity index is 0.0000140. The van der Waals surface area contributed by atoms with Gasteiger partial charge in [0.1, 0.15) is 30.7 Å². The van der Waals surface area contributed by atoms with Crippen LogP contribution in [0.15, 0.2) is 24.3 Å². The molecule has 5 atom stereocenters. The first-order valence-corrected chi connectivity index (χ1v) is 17.0. The number of benzene rings is 1. The third-order valence-corrected chi connectivity index (χ3v) is 7.87. The van der Waals surface area contributed by atoms with Crippen molar-refractivity contribution in [1.29, 1.82) is 10.8 Å². The Hall–Kier alpha value is -4.28. The van der Waals surface area contributed by atoms with E-state index in [1.807, 2.05) is 24.3 Å². The highest BCUT2D eigenvalue weighted by molar-refractivity contribution is 6.31. The average Bonchev–Trinajstić information content (AvgIpc) is 3.11. The number of nitrogens with one attached hydrogen (secondary N) is 7. The van der Waals surface area contributed by atoms with Gasteiger partial charge in [-0.05, 0) is 56.2 Å². The maximum absolute atomic E-state index is 12.9. The number of rotatable bonds is 23. The Bertz CT molecular complexity index is 1450. The standard InChI is InChI=1S/C31H51ClN12O8.ClH/c32-25-27(34)43-26(33)22(42-25)29(51)44-31(37)40-12-3-1-5-17-7-9-18(10-8-17)52-14-13-38-28(50)19(6-2-4-11-39-30(35)36)41-15-20(46)23(48)24(49)21(47)16-45;/h7-10,19-21,23-24,41,45-49H,1-6,11-16H2,(H,38,50)(H4,33,34,43)(H4,35,36,39)(H3,37,40,44,51);1H/t19-,20-,21+,23+,24+;/m0./s1. The number of nitrogens with two attached hydrogens (primary N) is 3. The van der Waals surface area contributed by atoms with Crippen molar-refractivity contribution >= 4 is 59.4 Å². The molecular formula is C31H52Cl2N12O8. The van der Waals surface area contributed by atoms with Gasteiger partial charge in [-0.15, -0.1) is 12.4 Å². The Morgan fingerprint density at radius 2 is 1.51 bits per heavy atom. The van der Waals surface area contributed by atoms with Gasteiger partial charge >= 0.3 is 0 Å². The quantitative estimate of drug-likeness (QED) is 0.0315. The highest BCUT2D eigenvalue weighted by Crippen LogP contribution is 2.17. The SMILES string of the molecule is Cl.N=C(N)NCCCC[C@H](NC[C@H](O)[C@@H](O)[C@H](O)[C@H](O)CO)C(=O)NCCOc1ccc(CCCCNC(=N)NC(=O)c2nc(Cl)c(N)nc2N)cc1. The van der Waals surface area contributed by atoms with Gasteiger partial charge in [0.15, 0.2) is 34.4 Å². The van der Waals surface area contributed by atoms with Crippen molar-refractivity contribution in [2.75, 3.05) is 50.9 Å². The normalized spacial score (nSPS) is 13.7. The Kier molecular flexibility index (Phi) is 21.9. The van der Waals surface area contributed by atoms with Crippen LogP contribution in [0.25, 0.3) is 0 Å². The van der Waals surface area contributed by atoms with Crippen LogP contribution in [0.4, 0.5) is 11.6 Å². The van der Waals surface area contributed by atoms with E-state index in [1.54, 1.807) is 0 Å². The van der Waals surface area contributed by atoms with Crippen molar-refractivity contribution in [2.45, 2.75) is 69.0 Å². The van der Waals surface area contributed by atoms with Crippen LogP contribution < -0.4 is 48.5 Å². The molecule has 2 rings (SSSR count). The molecule has 0 bridgehead atoms. The minimum absolute atomic E-state index is 0. The van der Waals surface area contributed by atoms with Gasteiger partial charge in [-0.3, -0.25) is 25.7 Å². The average molecular weight is 792 g/mol. The maximum Gasteiger partial charge on any atom is 0.280 e. The number of hydrogen-bond acceptors (Lipinski definition) is 15. The van der Waals surface area contributed by atoms with Gasteiger partial charge in [-0.25, -0.2) is 9.97 Å². The molecule has 1 heterocycles. The Morgan fingerprint density at radius 3 is 2.17 bits per heavy atom. The molecule has 0 spiro atoms. The monoisotopic (exact) mass is 790 g/mol. The summed E-state index contributed by atoms with van der Waals surface area (Å²) in [5.41, 5.74) is 17.3. The van der Waals surface area contributed by atoms with Gasteiger partial charge in [0.05, 0.1) is 25.3 Å². The van der Waals surface area contributed by atoms with E-state index in [0.717, 1.165) is 18.4 Å². The fourth-order valence-electron chi connectivity index (χ4n) is 4.68. The molecule has 53 heavy (non-hydrogen) atoms. The second kappa shape index (κ2) is 24.9. The molecule has 0 unspecified atom stereocenters. The number of nitrogens with zero attached hydrogens (tertiary/aromatic N) is 2. The zero-order valence-electron chi connectivity index (χ0n) is 29.1. The zero-order valence-corrected chi connectivity index (χ0v) is 30.6. The van der Waals surface area contributed by atoms with E-state index in [4.69, 9.17) is 49.5 Å². The van der Waals surface area contributed by atoms with Crippen LogP contribution in [0, 0.1) is 10.8 Å². The molecule has 0 fully saturated rings. The van der Waals surface area contributed by atoms with Crippen LogP contribution in [0.1, 0.15) is 48.2 Å². The lowest BCUT2D eigenvalue weighted by atomic mass is 10.0. The van der Waals surface area contributed by atoms with E-state index < -0.39 is 43.0 Å². The summed E-state index contributed by atoms with van der Waals surface area (Å²) >= 11 is 5.80. The number of aliphatic hydroxyl groups excluding tert-OH is 5. The van der Waals surface area contributed by atoms with E-state index in [-0.39, 0.29) is 72.4 Å². The summed E-state index contributed by atoms with van der Waals surface area (Å²) in [6, 6.07) is 6.69. The van der Waals surface area contributed by atoms with Gasteiger partial charge in [0.25, 0.3) is 5.91 Å². The first kappa shape index (κ1) is 46.7. The molecule has 0 saturated heterocycles. The highest BCUT2D eigenvalue weighted by Gasteiger charge is 2.31. The van der Waals surface area contributed by atoms with Crippen LogP contribution in [-0.2, 0) is 11.2 Å². The first-order valence-electron chi connectivity index (χ1n) is 16.6. The van der Waals surface area contributed by atoms with Crippen LogP contribution in [0.3, 0.4) is 0 Å². The molecular weight excluding hydrogens is 739 g/mol. The summed E-state index contributed by atoms with van der Waals surface area (Å²) in [5.74, 6) is -1.22. The summed E-state index contributed by atoms with van der Waals surface area (Å²) in [6.45, 7) is 0.125. The van der Waals surface area contributed by atoms with Crippen molar-refractivity contribution in [1.82, 2.24) is 36.6 Å². The molecule has 18 N–H and O–H groups in total. The molecule has 22 heteroatoms. The lowest BCUT2D eigenvalue weighted by Crippen LogP contribution is -2.52. The molecule has 1 aromatic heterocycles. The van der Waals surface area contributed by atoms with E-state index in [1.165, 1.54) is 0 Å². The van der Waals surface area contributed by atoms with Gasteiger partial charge in [0.2, 0.25) is 5.91 Å². The molecule has 2 amide bonds. The largest absolute Gasteiger partial charge is 0.492 e. The molecule has 2 aromatic rings. The third-order valence-electron chi connectivity index (χ3n) is 7.60. The van der Waals surface area contributed by atoms with Crippen molar-refractivity contribution in [2.24, 2.45) is 5.73 Å². The predicted molar refractivity (Wildman–Crippen MR) is 201 cm³/mol. The molecule has 0 radical (unpaired) electrons. The van der Waals surface area contributed by atoms with Crippen LogP contribution >= 0.6 is 24.0 Å². The number of nitrogen functional groups attached to an aromatic ring is 2. The van der Waals surface area contributed by atoms with E-state index in [9.17, 15) is 30.0 Å². The summed E-state index contributed by atoms with van der Waals surface area (Å²) in [5, 5.41) is 77.2. The fraction of sp³-hybridized carbons (Fsp3) is 0.548. The number of guanidine groups is 2. The van der Waals surface area contributed by atoms with Crippen molar-refractivity contribution < 1.29 is 39.9 Å². The summed E-state index contributed by atoms with van der Waals surface area (Å²) in [7, 11) is 0. The fourth-order valence-corrected chi connectivity index (χ4v) is 4.81. The molecule has 298 valence electrons. The molecule has 20 nitrogen and oxygen atoms in total. The highest BCUT2D eigenvalue weighted by atomic mass is 35.5. The van der Waals surface area contributed by atoms with E-state index in [0.29, 0.717) is 44.5 Å². The lowest BCUT2D eigenvalue weighted by Gasteiger charge is -2.27. The summed E-state index contributed by atoms with van der Waals surface area (Å²) in [4.78, 5) is 32.8. The van der Waals surface area contributed by atoms with Gasteiger partial charge in [0, 0.05) is 19.6 Å². The van der Waals surface area contributed by atoms with Gasteiger partial charge < -0.3 is 68.7 Å². The minimum atomic E-state index is -1.79. The number of aliphatic hydroxyl groups is 5. The number of anilines is 2. The van der Waals surface area contributed by atoms with Gasteiger partial charge in [-0.1, -0.05) is 23.7 Å². The molecule has 0 aliphatic rings. The number of aryl methyl sites for hydroxylation is 1. The smallest absolute Gasteiger partial charge is 0.280 e. The second-order valence-corrected chi connectivity index (χ2v) is 12.1. The third kappa shape index (κ3) is 17.4. The number of hydrogen-bond donors (Lipinski definition) is 15. The number of unbranched alkanes of at least 4 members (excludes halogenated alkanes) is 2. The minimum Gasteiger partial charge on any atom is -0.492 e. The number of aromatic nitrogens is 2. The van der Waals surface area contributed by atoms with E-state index in [2.05, 4.69) is 36.6 Å². The number of halogens is 2. The Morgan fingerprint density at radius 1 is 0.868 bits per heavy atom. The second-order valence-electron chi connectivity index (χ2n) is 11.7. The van der Waals surface area contributed by atoms with Crippen molar-refractivity contribution in [3.63, 3.8) is 0 Å². The number of ether oxygens (including phenoxy) is 1. The molecule has 0 aliphatic heterocycles. The van der Waals surface area contributed by atoms with Crippen molar-refractivity contribution in [3.8, 4) is 5.75 Å². The zero-order chi connectivity index (χ0) is 38.6. The van der Waals surface area contributed by atoms with Gasteiger partial charge in [-0.2, -0.15) is 0 Å². The predicted octanol–water partition coefficient (Wildman–Crippen LogP) is -2.46. The summed E-state index contributed by atoms with van der Waals surface area (Å²) in [6.07, 6.45) is -2.95. The number of amides is 2. The van der Waals surface area contributed by atoms with Crippen LogP contribution in [0.2, 0.25) is 5.15 Å². The molecule has 1 aromatic carbocycles. The molecule has 0 aliphatic carbocycles. The Labute approximate surface area is 318 Å². The lowest BCUT2D eigenvalue weighted by molar-refractivity contribution is -0.125. The summed E-state index contributed by atoms with van der Waals surface area (Å²) < 4.78 is 5.75.